The summed E-state index contributed by atoms with van der Waals surface area (Å²) in [5, 5.41) is 11.1. The van der Waals surface area contributed by atoms with Crippen LogP contribution in [0.4, 0.5) is 0 Å². The summed E-state index contributed by atoms with van der Waals surface area (Å²) in [6.07, 6.45) is 2.84. The average Bonchev–Trinajstić information content (AvgIpc) is 2.90. The molecule has 1 aliphatic rings. The predicted octanol–water partition coefficient (Wildman–Crippen LogP) is 2.60. The monoisotopic (exact) mass is 281 g/mol. The van der Waals surface area contributed by atoms with E-state index in [0.717, 1.165) is 17.7 Å². The van der Waals surface area contributed by atoms with Crippen molar-refractivity contribution in [2.45, 2.75) is 32.2 Å². The van der Waals surface area contributed by atoms with Crippen molar-refractivity contribution in [3.63, 3.8) is 0 Å². The van der Waals surface area contributed by atoms with Crippen LogP contribution < -0.4 is 0 Å². The summed E-state index contributed by atoms with van der Waals surface area (Å²) < 4.78 is 0. The Hall–Kier alpha value is -1.36. The van der Waals surface area contributed by atoms with Crippen molar-refractivity contribution in [3.8, 4) is 0 Å². The number of carboxylic acid groups (broad SMARTS) is 1. The molecule has 2 rings (SSSR count). The first-order chi connectivity index (χ1) is 9.08. The molecule has 2 atom stereocenters. The molecule has 1 heterocycles. The SMILES string of the molecule is CN(Cc1cccs1)C(=O)C1CCCC(C(=O)O)C1. The number of thiophene rings is 1. The standard InChI is InChI=1S/C14H19NO3S/c1-15(9-12-6-3-7-19-12)13(16)10-4-2-5-11(8-10)14(17)18/h3,6-7,10-11H,2,4-5,8-9H2,1H3,(H,17,18). The third kappa shape index (κ3) is 3.56. The Bertz CT molecular complexity index is 444. The molecule has 1 aromatic rings. The van der Waals surface area contributed by atoms with Crippen LogP contribution in [0.1, 0.15) is 30.6 Å². The zero-order valence-corrected chi connectivity index (χ0v) is 11.9. The van der Waals surface area contributed by atoms with Crippen molar-refractivity contribution < 1.29 is 14.7 Å². The van der Waals surface area contributed by atoms with E-state index in [1.54, 1.807) is 23.3 Å². The van der Waals surface area contributed by atoms with Crippen molar-refractivity contribution in [1.82, 2.24) is 4.90 Å². The number of nitrogens with zero attached hydrogens (tertiary/aromatic N) is 1. The lowest BCUT2D eigenvalue weighted by Gasteiger charge is -2.29. The second-order valence-corrected chi connectivity index (χ2v) is 6.20. The maximum absolute atomic E-state index is 12.3. The van der Waals surface area contributed by atoms with Crippen molar-refractivity contribution in [3.05, 3.63) is 22.4 Å². The van der Waals surface area contributed by atoms with Gasteiger partial charge in [0.2, 0.25) is 5.91 Å². The third-order valence-corrected chi connectivity index (χ3v) is 4.58. The van der Waals surface area contributed by atoms with Gasteiger partial charge in [0.1, 0.15) is 0 Å². The summed E-state index contributed by atoms with van der Waals surface area (Å²) >= 11 is 1.63. The van der Waals surface area contributed by atoms with E-state index < -0.39 is 5.97 Å². The maximum atomic E-state index is 12.3. The van der Waals surface area contributed by atoms with Gasteiger partial charge in [0, 0.05) is 17.8 Å². The normalized spacial score (nSPS) is 23.0. The summed E-state index contributed by atoms with van der Waals surface area (Å²) in [7, 11) is 1.80. The summed E-state index contributed by atoms with van der Waals surface area (Å²) in [6, 6.07) is 3.98. The zero-order chi connectivity index (χ0) is 13.8. The van der Waals surface area contributed by atoms with E-state index in [0.29, 0.717) is 19.4 Å². The molecule has 2 unspecified atom stereocenters. The molecule has 1 aromatic heterocycles. The Morgan fingerprint density at radius 3 is 2.79 bits per heavy atom. The number of carboxylic acids is 1. The van der Waals surface area contributed by atoms with Gasteiger partial charge in [-0.05, 0) is 30.7 Å². The van der Waals surface area contributed by atoms with Gasteiger partial charge >= 0.3 is 5.97 Å². The molecule has 4 nitrogen and oxygen atoms in total. The van der Waals surface area contributed by atoms with Crippen LogP contribution >= 0.6 is 11.3 Å². The summed E-state index contributed by atoms with van der Waals surface area (Å²) in [5.74, 6) is -1.16. The topological polar surface area (TPSA) is 57.6 Å². The summed E-state index contributed by atoms with van der Waals surface area (Å²) in [5.41, 5.74) is 0. The Kier molecular flexibility index (Phi) is 4.58. The van der Waals surface area contributed by atoms with Crippen LogP contribution in [0.5, 0.6) is 0 Å². The van der Waals surface area contributed by atoms with E-state index >= 15 is 0 Å². The molecule has 0 saturated heterocycles. The minimum Gasteiger partial charge on any atom is -0.481 e. The van der Waals surface area contributed by atoms with Crippen LogP contribution in [0, 0.1) is 11.8 Å². The van der Waals surface area contributed by atoms with Gasteiger partial charge in [0.25, 0.3) is 0 Å². The van der Waals surface area contributed by atoms with Gasteiger partial charge in [0.15, 0.2) is 0 Å². The van der Waals surface area contributed by atoms with Gasteiger partial charge in [0.05, 0.1) is 12.5 Å². The second-order valence-electron chi connectivity index (χ2n) is 5.17. The number of carbonyl (C=O) groups excluding carboxylic acids is 1. The number of rotatable bonds is 4. The van der Waals surface area contributed by atoms with E-state index in [1.807, 2.05) is 17.5 Å². The van der Waals surface area contributed by atoms with Crippen molar-refractivity contribution in [2.24, 2.45) is 11.8 Å². The Labute approximate surface area is 117 Å². The number of hydrogen-bond acceptors (Lipinski definition) is 3. The van der Waals surface area contributed by atoms with E-state index in [4.69, 9.17) is 5.11 Å². The molecule has 1 fully saturated rings. The molecule has 0 radical (unpaired) electrons. The Morgan fingerprint density at radius 1 is 1.42 bits per heavy atom. The van der Waals surface area contributed by atoms with E-state index in [2.05, 4.69) is 0 Å². The van der Waals surface area contributed by atoms with Gasteiger partial charge in [-0.3, -0.25) is 9.59 Å². The van der Waals surface area contributed by atoms with E-state index in [9.17, 15) is 9.59 Å². The summed E-state index contributed by atoms with van der Waals surface area (Å²) in [6.45, 7) is 0.616. The van der Waals surface area contributed by atoms with Gasteiger partial charge in [-0.25, -0.2) is 0 Å². The third-order valence-electron chi connectivity index (χ3n) is 3.72. The van der Waals surface area contributed by atoms with Crippen molar-refractivity contribution in [1.29, 1.82) is 0 Å². The Balaban J connectivity index is 1.93. The number of hydrogen-bond donors (Lipinski definition) is 1. The lowest BCUT2D eigenvalue weighted by Crippen LogP contribution is -2.36. The highest BCUT2D eigenvalue weighted by Gasteiger charge is 2.32. The highest BCUT2D eigenvalue weighted by molar-refractivity contribution is 7.09. The lowest BCUT2D eigenvalue weighted by atomic mass is 9.81. The molecule has 0 spiro atoms. The molecule has 1 saturated carbocycles. The number of aliphatic carboxylic acids is 1. The molecular formula is C14H19NO3S. The molecule has 1 N–H and O–H groups in total. The predicted molar refractivity (Wildman–Crippen MR) is 73.9 cm³/mol. The smallest absolute Gasteiger partial charge is 0.306 e. The fourth-order valence-corrected chi connectivity index (χ4v) is 3.42. The van der Waals surface area contributed by atoms with Crippen molar-refractivity contribution in [2.75, 3.05) is 7.05 Å². The largest absolute Gasteiger partial charge is 0.481 e. The highest BCUT2D eigenvalue weighted by atomic mass is 32.1. The first kappa shape index (κ1) is 14.1. The van der Waals surface area contributed by atoms with Crippen LogP contribution in [0.15, 0.2) is 17.5 Å². The van der Waals surface area contributed by atoms with Gasteiger partial charge in [-0.15, -0.1) is 11.3 Å². The van der Waals surface area contributed by atoms with Crippen LogP contribution in [-0.2, 0) is 16.1 Å². The first-order valence-electron chi connectivity index (χ1n) is 6.58. The zero-order valence-electron chi connectivity index (χ0n) is 11.0. The fourth-order valence-electron chi connectivity index (χ4n) is 2.66. The molecule has 0 aliphatic heterocycles. The average molecular weight is 281 g/mol. The van der Waals surface area contributed by atoms with Gasteiger partial charge in [-0.1, -0.05) is 12.5 Å². The van der Waals surface area contributed by atoms with Gasteiger partial charge < -0.3 is 10.0 Å². The molecular weight excluding hydrogens is 262 g/mol. The maximum Gasteiger partial charge on any atom is 0.306 e. The molecule has 104 valence electrons. The minimum atomic E-state index is -0.765. The minimum absolute atomic E-state index is 0.0827. The molecule has 0 bridgehead atoms. The number of amides is 1. The molecule has 1 amide bonds. The van der Waals surface area contributed by atoms with E-state index in [1.165, 1.54) is 0 Å². The Morgan fingerprint density at radius 2 is 2.16 bits per heavy atom. The quantitative estimate of drug-likeness (QED) is 0.923. The molecule has 1 aliphatic carbocycles. The van der Waals surface area contributed by atoms with Crippen LogP contribution in [0.2, 0.25) is 0 Å². The summed E-state index contributed by atoms with van der Waals surface area (Å²) in [4.78, 5) is 26.2. The van der Waals surface area contributed by atoms with Gasteiger partial charge in [-0.2, -0.15) is 0 Å². The lowest BCUT2D eigenvalue weighted by molar-refractivity contribution is -0.145. The van der Waals surface area contributed by atoms with Crippen molar-refractivity contribution >= 4 is 23.2 Å². The molecule has 19 heavy (non-hydrogen) atoms. The molecule has 0 aromatic carbocycles. The van der Waals surface area contributed by atoms with Crippen LogP contribution in [0.25, 0.3) is 0 Å². The van der Waals surface area contributed by atoms with Crippen LogP contribution in [-0.4, -0.2) is 28.9 Å². The number of carbonyl (C=O) groups is 2. The first-order valence-corrected chi connectivity index (χ1v) is 7.46. The second kappa shape index (κ2) is 6.19. The van der Waals surface area contributed by atoms with Crippen LogP contribution in [0.3, 0.4) is 0 Å². The fraction of sp³-hybridized carbons (Fsp3) is 0.571. The highest BCUT2D eigenvalue weighted by Crippen LogP contribution is 2.30. The van der Waals surface area contributed by atoms with E-state index in [-0.39, 0.29) is 17.7 Å². The molecule has 5 heteroatoms.